The summed E-state index contributed by atoms with van der Waals surface area (Å²) < 4.78 is 1.40. The van der Waals surface area contributed by atoms with Gasteiger partial charge in [0.1, 0.15) is 0 Å². The maximum absolute atomic E-state index is 6.75. The maximum Gasteiger partial charge on any atom is 0.0454 e. The molecule has 1 aliphatic rings. The minimum absolute atomic E-state index is 0.210. The second-order valence-electron chi connectivity index (χ2n) is 5.70. The molecule has 0 radical (unpaired) electrons. The summed E-state index contributed by atoms with van der Waals surface area (Å²) in [5.41, 5.74) is 9.28. The zero-order valence-electron chi connectivity index (χ0n) is 11.3. The topological polar surface area (TPSA) is 26.0 Å². The van der Waals surface area contributed by atoms with E-state index in [1.807, 2.05) is 11.3 Å². The van der Waals surface area contributed by atoms with Crippen LogP contribution in [0.25, 0.3) is 10.1 Å². The van der Waals surface area contributed by atoms with Crippen LogP contribution in [0.5, 0.6) is 0 Å². The van der Waals surface area contributed by atoms with Crippen molar-refractivity contribution in [1.29, 1.82) is 0 Å². The van der Waals surface area contributed by atoms with Gasteiger partial charge in [0.05, 0.1) is 0 Å². The molecule has 0 bridgehead atoms. The van der Waals surface area contributed by atoms with E-state index >= 15 is 0 Å². The third-order valence-corrected chi connectivity index (χ3v) is 5.69. The van der Waals surface area contributed by atoms with E-state index < -0.39 is 0 Å². The Balaban J connectivity index is 1.83. The fourth-order valence-corrected chi connectivity index (χ4v) is 4.52. The fraction of sp³-hybridized carbons (Fsp3) is 0.222. The Morgan fingerprint density at radius 1 is 0.950 bits per heavy atom. The molecule has 20 heavy (non-hydrogen) atoms. The van der Waals surface area contributed by atoms with Crippen LogP contribution in [0.3, 0.4) is 0 Å². The highest BCUT2D eigenvalue weighted by Crippen LogP contribution is 2.41. The van der Waals surface area contributed by atoms with Crippen LogP contribution in [-0.2, 0) is 18.4 Å². The first-order valence-corrected chi connectivity index (χ1v) is 7.92. The van der Waals surface area contributed by atoms with Gasteiger partial charge < -0.3 is 5.73 Å². The molecule has 100 valence electrons. The van der Waals surface area contributed by atoms with Gasteiger partial charge in [-0.05, 0) is 41.8 Å². The average molecular weight is 279 g/mol. The van der Waals surface area contributed by atoms with E-state index in [4.69, 9.17) is 5.73 Å². The Bertz CT molecular complexity index is 759. The summed E-state index contributed by atoms with van der Waals surface area (Å²) in [6.45, 7) is 0. The summed E-state index contributed by atoms with van der Waals surface area (Å²) in [5, 5.41) is 1.40. The van der Waals surface area contributed by atoms with Gasteiger partial charge in [0.2, 0.25) is 0 Å². The summed E-state index contributed by atoms with van der Waals surface area (Å²) in [6, 6.07) is 19.3. The number of thiophene rings is 1. The molecule has 3 aromatic rings. The van der Waals surface area contributed by atoms with E-state index in [0.29, 0.717) is 0 Å². The number of hydrogen-bond acceptors (Lipinski definition) is 2. The predicted molar refractivity (Wildman–Crippen MR) is 86.2 cm³/mol. The largest absolute Gasteiger partial charge is 0.321 e. The van der Waals surface area contributed by atoms with Gasteiger partial charge in [0.15, 0.2) is 0 Å². The van der Waals surface area contributed by atoms with E-state index in [2.05, 4.69) is 54.6 Å². The smallest absolute Gasteiger partial charge is 0.0454 e. The lowest BCUT2D eigenvalue weighted by Gasteiger charge is -2.34. The second-order valence-corrected chi connectivity index (χ2v) is 6.84. The van der Waals surface area contributed by atoms with Crippen LogP contribution in [-0.4, -0.2) is 0 Å². The molecule has 1 heterocycles. The summed E-state index contributed by atoms with van der Waals surface area (Å²) in [7, 11) is 0. The van der Waals surface area contributed by atoms with Crippen LogP contribution in [0.2, 0.25) is 0 Å². The van der Waals surface area contributed by atoms with Crippen molar-refractivity contribution in [2.45, 2.75) is 24.8 Å². The van der Waals surface area contributed by atoms with Gasteiger partial charge in [-0.25, -0.2) is 0 Å². The first kappa shape index (κ1) is 12.1. The molecule has 0 amide bonds. The minimum atomic E-state index is -0.210. The first-order valence-electron chi connectivity index (χ1n) is 7.10. The SMILES string of the molecule is NC1(c2ccccc2)CCc2sc3ccccc3c2C1. The Morgan fingerprint density at radius 2 is 1.70 bits per heavy atom. The van der Waals surface area contributed by atoms with Crippen molar-refractivity contribution >= 4 is 21.4 Å². The molecule has 1 nitrogen and oxygen atoms in total. The van der Waals surface area contributed by atoms with E-state index in [1.54, 1.807) is 0 Å². The number of nitrogens with two attached hydrogens (primary N) is 1. The molecular weight excluding hydrogens is 262 g/mol. The third-order valence-electron chi connectivity index (χ3n) is 4.42. The zero-order valence-corrected chi connectivity index (χ0v) is 12.1. The lowest BCUT2D eigenvalue weighted by atomic mass is 9.76. The first-order chi connectivity index (χ1) is 9.76. The van der Waals surface area contributed by atoms with Gasteiger partial charge in [-0.15, -0.1) is 11.3 Å². The van der Waals surface area contributed by atoms with Crippen LogP contribution in [0.1, 0.15) is 22.4 Å². The molecule has 1 aliphatic carbocycles. The number of fused-ring (bicyclic) bond motifs is 3. The van der Waals surface area contributed by atoms with Gasteiger partial charge in [0.25, 0.3) is 0 Å². The molecule has 0 aliphatic heterocycles. The molecule has 1 unspecified atom stereocenters. The van der Waals surface area contributed by atoms with Crippen LogP contribution < -0.4 is 5.73 Å². The predicted octanol–water partition coefficient (Wildman–Crippen LogP) is 4.24. The molecule has 2 aromatic carbocycles. The van der Waals surface area contributed by atoms with Gasteiger partial charge in [-0.3, -0.25) is 0 Å². The van der Waals surface area contributed by atoms with Gasteiger partial charge >= 0.3 is 0 Å². The number of rotatable bonds is 1. The van der Waals surface area contributed by atoms with Crippen LogP contribution >= 0.6 is 11.3 Å². The molecule has 0 saturated carbocycles. The van der Waals surface area contributed by atoms with E-state index in [-0.39, 0.29) is 5.54 Å². The maximum atomic E-state index is 6.75. The van der Waals surface area contributed by atoms with Gasteiger partial charge in [-0.1, -0.05) is 48.5 Å². The monoisotopic (exact) mass is 279 g/mol. The number of hydrogen-bond donors (Lipinski definition) is 1. The van der Waals surface area contributed by atoms with Crippen molar-refractivity contribution in [2.24, 2.45) is 5.73 Å². The minimum Gasteiger partial charge on any atom is -0.321 e. The summed E-state index contributed by atoms with van der Waals surface area (Å²) in [5.74, 6) is 0. The highest BCUT2D eigenvalue weighted by molar-refractivity contribution is 7.19. The highest BCUT2D eigenvalue weighted by Gasteiger charge is 2.33. The van der Waals surface area contributed by atoms with Crippen LogP contribution in [0, 0.1) is 0 Å². The fourth-order valence-electron chi connectivity index (χ4n) is 3.30. The molecule has 0 saturated heterocycles. The third kappa shape index (κ3) is 1.80. The van der Waals surface area contributed by atoms with Crippen molar-refractivity contribution < 1.29 is 0 Å². The average Bonchev–Trinajstić information content (AvgIpc) is 2.86. The Hall–Kier alpha value is -1.64. The molecule has 2 heteroatoms. The zero-order chi connectivity index (χ0) is 13.6. The molecular formula is C18H17NS. The van der Waals surface area contributed by atoms with Gasteiger partial charge in [0, 0.05) is 15.1 Å². The summed E-state index contributed by atoms with van der Waals surface area (Å²) in [6.07, 6.45) is 3.09. The summed E-state index contributed by atoms with van der Waals surface area (Å²) in [4.78, 5) is 1.53. The molecule has 0 spiro atoms. The number of benzene rings is 2. The standard InChI is InChI=1S/C18H17NS/c19-18(13-6-2-1-3-7-13)11-10-17-15(12-18)14-8-4-5-9-16(14)20-17/h1-9H,10-12,19H2. The Labute approximate surface area is 123 Å². The van der Waals surface area contributed by atoms with Crippen molar-refractivity contribution in [3.05, 3.63) is 70.6 Å². The lowest BCUT2D eigenvalue weighted by Crippen LogP contribution is -2.41. The van der Waals surface area contributed by atoms with Gasteiger partial charge in [-0.2, -0.15) is 0 Å². The Kier molecular flexibility index (Phi) is 2.69. The summed E-state index contributed by atoms with van der Waals surface area (Å²) >= 11 is 1.94. The quantitative estimate of drug-likeness (QED) is 0.708. The molecule has 1 aromatic heterocycles. The van der Waals surface area contributed by atoms with Crippen molar-refractivity contribution in [1.82, 2.24) is 0 Å². The number of aryl methyl sites for hydroxylation is 1. The normalized spacial score (nSPS) is 21.9. The van der Waals surface area contributed by atoms with E-state index in [0.717, 1.165) is 19.3 Å². The lowest BCUT2D eigenvalue weighted by molar-refractivity contribution is 0.390. The van der Waals surface area contributed by atoms with Crippen molar-refractivity contribution in [2.75, 3.05) is 0 Å². The van der Waals surface area contributed by atoms with Crippen LogP contribution in [0.15, 0.2) is 54.6 Å². The Morgan fingerprint density at radius 3 is 2.55 bits per heavy atom. The molecule has 2 N–H and O–H groups in total. The molecule has 1 atom stereocenters. The van der Waals surface area contributed by atoms with E-state index in [1.165, 1.54) is 26.1 Å². The van der Waals surface area contributed by atoms with Crippen LogP contribution in [0.4, 0.5) is 0 Å². The molecule has 0 fully saturated rings. The molecule has 4 rings (SSSR count). The van der Waals surface area contributed by atoms with E-state index in [9.17, 15) is 0 Å². The van der Waals surface area contributed by atoms with Crippen molar-refractivity contribution in [3.63, 3.8) is 0 Å². The highest BCUT2D eigenvalue weighted by atomic mass is 32.1. The second kappa shape index (κ2) is 4.44. The van der Waals surface area contributed by atoms with Crippen molar-refractivity contribution in [3.8, 4) is 0 Å².